The molecule has 1 aromatic heterocycles. The molecule has 0 aliphatic rings. The van der Waals surface area contributed by atoms with E-state index in [-0.39, 0.29) is 0 Å². The largest absolute Gasteiger partial charge is 0.492 e. The number of benzene rings is 1. The van der Waals surface area contributed by atoms with Crippen molar-refractivity contribution in [2.45, 2.75) is 13.3 Å². The molecule has 2 rings (SSSR count). The quantitative estimate of drug-likeness (QED) is 0.736. The Morgan fingerprint density at radius 3 is 3.00 bits per heavy atom. The molecule has 72 valence electrons. The lowest BCUT2D eigenvalue weighted by molar-refractivity contribution is 0.317. The minimum atomic E-state index is 0.750. The summed E-state index contributed by atoms with van der Waals surface area (Å²) in [4.78, 5) is 4.31. The molecule has 1 aromatic carbocycles. The molecule has 0 saturated heterocycles. The Morgan fingerprint density at radius 2 is 2.14 bits per heavy atom. The fourth-order valence-electron chi connectivity index (χ4n) is 1.35. The molecular formula is C12H13NO. The average molecular weight is 187 g/mol. The van der Waals surface area contributed by atoms with Gasteiger partial charge in [-0.05, 0) is 18.6 Å². The van der Waals surface area contributed by atoms with Crippen LogP contribution in [0, 0.1) is 0 Å². The van der Waals surface area contributed by atoms with Gasteiger partial charge in [-0.3, -0.25) is 4.98 Å². The Kier molecular flexibility index (Phi) is 2.63. The Labute approximate surface area is 83.5 Å². The van der Waals surface area contributed by atoms with Crippen LogP contribution >= 0.6 is 0 Å². The van der Waals surface area contributed by atoms with Crippen molar-refractivity contribution < 1.29 is 4.74 Å². The molecular weight excluding hydrogens is 174 g/mol. The lowest BCUT2D eigenvalue weighted by Crippen LogP contribution is -1.95. The molecule has 0 aliphatic carbocycles. The van der Waals surface area contributed by atoms with Crippen LogP contribution in [-0.4, -0.2) is 11.6 Å². The van der Waals surface area contributed by atoms with Gasteiger partial charge in [-0.2, -0.15) is 0 Å². The van der Waals surface area contributed by atoms with E-state index in [0.717, 1.165) is 29.7 Å². The zero-order valence-electron chi connectivity index (χ0n) is 8.23. The second kappa shape index (κ2) is 4.09. The van der Waals surface area contributed by atoms with Crippen LogP contribution in [0.4, 0.5) is 0 Å². The summed E-state index contributed by atoms with van der Waals surface area (Å²) < 4.78 is 5.50. The molecule has 2 heteroatoms. The Hall–Kier alpha value is -1.57. The minimum Gasteiger partial charge on any atom is -0.492 e. The van der Waals surface area contributed by atoms with Crippen molar-refractivity contribution in [3.63, 3.8) is 0 Å². The van der Waals surface area contributed by atoms with Crippen molar-refractivity contribution in [2.24, 2.45) is 0 Å². The van der Waals surface area contributed by atoms with Crippen molar-refractivity contribution in [1.82, 2.24) is 4.98 Å². The molecule has 0 fully saturated rings. The standard InChI is InChI=1S/C12H13NO/c1-2-7-14-11-8-10-5-3-4-6-12(10)13-9-11/h3-6,8-9H,2,7H2,1H3. The van der Waals surface area contributed by atoms with Gasteiger partial charge in [0.25, 0.3) is 0 Å². The molecule has 0 radical (unpaired) electrons. The van der Waals surface area contributed by atoms with Gasteiger partial charge in [-0.25, -0.2) is 0 Å². The highest BCUT2D eigenvalue weighted by Gasteiger charge is 1.96. The first kappa shape index (κ1) is 9.00. The van der Waals surface area contributed by atoms with Gasteiger partial charge < -0.3 is 4.74 Å². The Balaban J connectivity index is 2.32. The first-order chi connectivity index (χ1) is 6.90. The lowest BCUT2D eigenvalue weighted by Gasteiger charge is -2.04. The van der Waals surface area contributed by atoms with Crippen LogP contribution in [0.25, 0.3) is 10.9 Å². The zero-order valence-corrected chi connectivity index (χ0v) is 8.23. The number of hydrogen-bond donors (Lipinski definition) is 0. The summed E-state index contributed by atoms with van der Waals surface area (Å²) in [5, 5.41) is 1.13. The van der Waals surface area contributed by atoms with Crippen LogP contribution in [0.15, 0.2) is 36.5 Å². The molecule has 0 N–H and O–H groups in total. The zero-order chi connectivity index (χ0) is 9.80. The monoisotopic (exact) mass is 187 g/mol. The van der Waals surface area contributed by atoms with Crippen LogP contribution in [0.3, 0.4) is 0 Å². The van der Waals surface area contributed by atoms with Gasteiger partial charge in [0, 0.05) is 5.39 Å². The van der Waals surface area contributed by atoms with Crippen molar-refractivity contribution in [1.29, 1.82) is 0 Å². The van der Waals surface area contributed by atoms with Gasteiger partial charge in [0.05, 0.1) is 18.3 Å². The van der Waals surface area contributed by atoms with Crippen LogP contribution < -0.4 is 4.74 Å². The van der Waals surface area contributed by atoms with E-state index in [9.17, 15) is 0 Å². The van der Waals surface area contributed by atoms with Gasteiger partial charge in [0.15, 0.2) is 0 Å². The van der Waals surface area contributed by atoms with Gasteiger partial charge in [-0.15, -0.1) is 0 Å². The summed E-state index contributed by atoms with van der Waals surface area (Å²) in [6.45, 7) is 2.84. The Morgan fingerprint density at radius 1 is 1.29 bits per heavy atom. The summed E-state index contributed by atoms with van der Waals surface area (Å²) >= 11 is 0. The van der Waals surface area contributed by atoms with Crippen LogP contribution in [0.5, 0.6) is 5.75 Å². The molecule has 2 aromatic rings. The van der Waals surface area contributed by atoms with Crippen LogP contribution in [-0.2, 0) is 0 Å². The van der Waals surface area contributed by atoms with Crippen LogP contribution in [0.1, 0.15) is 13.3 Å². The Bertz CT molecular complexity index is 425. The highest BCUT2D eigenvalue weighted by Crippen LogP contribution is 2.17. The number of rotatable bonds is 3. The van der Waals surface area contributed by atoms with Crippen LogP contribution in [0.2, 0.25) is 0 Å². The number of aromatic nitrogens is 1. The van der Waals surface area contributed by atoms with Crippen molar-refractivity contribution in [2.75, 3.05) is 6.61 Å². The summed E-state index contributed by atoms with van der Waals surface area (Å²) in [7, 11) is 0. The lowest BCUT2D eigenvalue weighted by atomic mass is 10.2. The third kappa shape index (κ3) is 1.84. The van der Waals surface area contributed by atoms with E-state index in [0.29, 0.717) is 0 Å². The second-order valence-electron chi connectivity index (χ2n) is 3.21. The first-order valence-corrected chi connectivity index (χ1v) is 4.88. The van der Waals surface area contributed by atoms with E-state index in [4.69, 9.17) is 4.74 Å². The van der Waals surface area contributed by atoms with Crippen molar-refractivity contribution in [3.8, 4) is 5.75 Å². The molecule has 0 aliphatic heterocycles. The maximum atomic E-state index is 5.50. The van der Waals surface area contributed by atoms with E-state index in [1.807, 2.05) is 30.3 Å². The normalized spacial score (nSPS) is 10.4. The topological polar surface area (TPSA) is 22.1 Å². The van der Waals surface area contributed by atoms with E-state index in [2.05, 4.69) is 11.9 Å². The molecule has 0 saturated carbocycles. The highest BCUT2D eigenvalue weighted by molar-refractivity contribution is 5.79. The molecule has 0 amide bonds. The fraction of sp³-hybridized carbons (Fsp3) is 0.250. The average Bonchev–Trinajstić information content (AvgIpc) is 2.26. The summed E-state index contributed by atoms with van der Waals surface area (Å²) in [5.74, 6) is 0.852. The molecule has 0 spiro atoms. The van der Waals surface area contributed by atoms with Gasteiger partial charge in [0.1, 0.15) is 5.75 Å². The predicted molar refractivity (Wildman–Crippen MR) is 57.5 cm³/mol. The number of hydrogen-bond acceptors (Lipinski definition) is 2. The molecule has 0 atom stereocenters. The minimum absolute atomic E-state index is 0.750. The number of para-hydroxylation sites is 1. The van der Waals surface area contributed by atoms with E-state index < -0.39 is 0 Å². The van der Waals surface area contributed by atoms with Crippen molar-refractivity contribution >= 4 is 10.9 Å². The maximum Gasteiger partial charge on any atom is 0.138 e. The number of pyridine rings is 1. The number of ether oxygens (including phenoxy) is 1. The first-order valence-electron chi connectivity index (χ1n) is 4.88. The maximum absolute atomic E-state index is 5.50. The van der Waals surface area contributed by atoms with Gasteiger partial charge in [0.2, 0.25) is 0 Å². The molecule has 14 heavy (non-hydrogen) atoms. The number of fused-ring (bicyclic) bond motifs is 1. The second-order valence-corrected chi connectivity index (χ2v) is 3.21. The molecule has 0 unspecified atom stereocenters. The van der Waals surface area contributed by atoms with E-state index in [1.165, 1.54) is 0 Å². The summed E-state index contributed by atoms with van der Waals surface area (Å²) in [6.07, 6.45) is 2.80. The highest BCUT2D eigenvalue weighted by atomic mass is 16.5. The summed E-state index contributed by atoms with van der Waals surface area (Å²) in [5.41, 5.74) is 1.01. The predicted octanol–water partition coefficient (Wildman–Crippen LogP) is 3.02. The molecule has 2 nitrogen and oxygen atoms in total. The third-order valence-corrected chi connectivity index (χ3v) is 2.04. The smallest absolute Gasteiger partial charge is 0.138 e. The summed E-state index contributed by atoms with van der Waals surface area (Å²) in [6, 6.07) is 10.1. The SMILES string of the molecule is CCCOc1cnc2ccccc2c1. The van der Waals surface area contributed by atoms with E-state index in [1.54, 1.807) is 6.20 Å². The van der Waals surface area contributed by atoms with Gasteiger partial charge >= 0.3 is 0 Å². The molecule has 0 bridgehead atoms. The van der Waals surface area contributed by atoms with Crippen molar-refractivity contribution in [3.05, 3.63) is 36.5 Å². The third-order valence-electron chi connectivity index (χ3n) is 2.04. The fourth-order valence-corrected chi connectivity index (χ4v) is 1.35. The van der Waals surface area contributed by atoms with E-state index >= 15 is 0 Å². The molecule has 1 heterocycles. The van der Waals surface area contributed by atoms with Gasteiger partial charge in [-0.1, -0.05) is 25.1 Å². The number of nitrogens with zero attached hydrogens (tertiary/aromatic N) is 1.